The van der Waals surface area contributed by atoms with E-state index in [0.717, 1.165) is 38.0 Å². The summed E-state index contributed by atoms with van der Waals surface area (Å²) in [5.74, 6) is -0.00705. The molecular weight excluding hydrogens is 309 g/mol. The number of benzene rings is 1. The lowest BCUT2D eigenvalue weighted by Crippen LogP contribution is -2.56. The molecule has 1 heterocycles. The standard InChI is InChI=1S/C18H26FN3O2/c1-22(2)18(6-8-24-9-7-18)12-20-17(23)21-16-11-15(16)13-4-3-5-14(19)10-13/h3-5,10,15-16H,6-9,11-12H2,1-2H3,(H2,20,21,23)/t15-,16-/m1/s1. The van der Waals surface area contributed by atoms with Gasteiger partial charge in [-0.25, -0.2) is 9.18 Å². The average molecular weight is 335 g/mol. The van der Waals surface area contributed by atoms with Gasteiger partial charge in [0, 0.05) is 37.3 Å². The van der Waals surface area contributed by atoms with E-state index in [1.54, 1.807) is 12.1 Å². The van der Waals surface area contributed by atoms with Crippen molar-refractivity contribution in [3.8, 4) is 0 Å². The molecule has 0 unspecified atom stereocenters. The fourth-order valence-corrected chi connectivity index (χ4v) is 3.46. The van der Waals surface area contributed by atoms with Crippen LogP contribution in [0.2, 0.25) is 0 Å². The number of halogens is 1. The Balaban J connectivity index is 1.48. The van der Waals surface area contributed by atoms with Crippen LogP contribution in [-0.4, -0.2) is 56.4 Å². The molecule has 2 fully saturated rings. The van der Waals surface area contributed by atoms with Gasteiger partial charge in [-0.1, -0.05) is 12.1 Å². The van der Waals surface area contributed by atoms with Gasteiger partial charge in [-0.2, -0.15) is 0 Å². The van der Waals surface area contributed by atoms with Crippen LogP contribution < -0.4 is 10.6 Å². The molecule has 132 valence electrons. The third-order valence-corrected chi connectivity index (χ3v) is 5.33. The smallest absolute Gasteiger partial charge is 0.315 e. The third kappa shape index (κ3) is 3.87. The lowest BCUT2D eigenvalue weighted by atomic mass is 9.88. The van der Waals surface area contributed by atoms with Crippen LogP contribution in [-0.2, 0) is 4.74 Å². The maximum absolute atomic E-state index is 13.3. The number of ether oxygens (including phenoxy) is 1. The molecule has 1 saturated carbocycles. The number of amides is 2. The van der Waals surface area contributed by atoms with Gasteiger partial charge < -0.3 is 20.3 Å². The third-order valence-electron chi connectivity index (χ3n) is 5.33. The molecule has 2 amide bonds. The van der Waals surface area contributed by atoms with E-state index in [-0.39, 0.29) is 29.3 Å². The highest BCUT2D eigenvalue weighted by atomic mass is 19.1. The monoisotopic (exact) mass is 335 g/mol. The van der Waals surface area contributed by atoms with Crippen molar-refractivity contribution in [2.75, 3.05) is 33.9 Å². The minimum atomic E-state index is -0.227. The SMILES string of the molecule is CN(C)C1(CNC(=O)N[C@@H]2C[C@@H]2c2cccc(F)c2)CCOCC1. The zero-order valence-electron chi connectivity index (χ0n) is 14.3. The lowest BCUT2D eigenvalue weighted by Gasteiger charge is -2.42. The second-order valence-electron chi connectivity index (χ2n) is 7.06. The van der Waals surface area contributed by atoms with Crippen LogP contribution in [0.1, 0.15) is 30.7 Å². The summed E-state index contributed by atoms with van der Waals surface area (Å²) in [6.07, 6.45) is 2.69. The first-order valence-electron chi connectivity index (χ1n) is 8.55. The van der Waals surface area contributed by atoms with Gasteiger partial charge in [0.1, 0.15) is 5.82 Å². The molecule has 1 aliphatic heterocycles. The highest BCUT2D eigenvalue weighted by Crippen LogP contribution is 2.40. The molecule has 0 aromatic heterocycles. The van der Waals surface area contributed by atoms with Crippen molar-refractivity contribution in [2.45, 2.75) is 36.8 Å². The van der Waals surface area contributed by atoms with E-state index in [1.807, 2.05) is 20.2 Å². The van der Waals surface area contributed by atoms with Gasteiger partial charge >= 0.3 is 6.03 Å². The van der Waals surface area contributed by atoms with Crippen molar-refractivity contribution < 1.29 is 13.9 Å². The molecule has 0 spiro atoms. The van der Waals surface area contributed by atoms with Crippen LogP contribution in [0.4, 0.5) is 9.18 Å². The summed E-state index contributed by atoms with van der Waals surface area (Å²) in [6.45, 7) is 2.06. The lowest BCUT2D eigenvalue weighted by molar-refractivity contribution is -0.00572. The predicted octanol–water partition coefficient (Wildman–Crippen LogP) is 2.09. The zero-order valence-corrected chi connectivity index (χ0v) is 14.3. The van der Waals surface area contributed by atoms with Crippen LogP contribution in [0.5, 0.6) is 0 Å². The molecule has 1 saturated heterocycles. The summed E-state index contributed by atoms with van der Waals surface area (Å²) < 4.78 is 18.7. The molecular formula is C18H26FN3O2. The van der Waals surface area contributed by atoms with Gasteiger partial charge in [0.05, 0.1) is 0 Å². The van der Waals surface area contributed by atoms with Crippen molar-refractivity contribution in [1.82, 2.24) is 15.5 Å². The molecule has 1 aromatic carbocycles. The van der Waals surface area contributed by atoms with Gasteiger partial charge in [-0.05, 0) is 51.1 Å². The molecule has 2 atom stereocenters. The number of nitrogens with one attached hydrogen (secondary N) is 2. The molecule has 5 nitrogen and oxygen atoms in total. The van der Waals surface area contributed by atoms with E-state index in [0.29, 0.717) is 6.54 Å². The number of rotatable bonds is 5. The van der Waals surface area contributed by atoms with Gasteiger partial charge in [0.15, 0.2) is 0 Å². The van der Waals surface area contributed by atoms with Crippen molar-refractivity contribution in [3.05, 3.63) is 35.6 Å². The molecule has 0 radical (unpaired) electrons. The summed E-state index contributed by atoms with van der Waals surface area (Å²) in [7, 11) is 4.09. The zero-order chi connectivity index (χ0) is 17.2. The molecule has 24 heavy (non-hydrogen) atoms. The van der Waals surface area contributed by atoms with Crippen LogP contribution in [0, 0.1) is 5.82 Å². The molecule has 2 aliphatic rings. The Morgan fingerprint density at radius 3 is 2.79 bits per heavy atom. The maximum atomic E-state index is 13.3. The summed E-state index contributed by atoms with van der Waals surface area (Å²) >= 11 is 0. The van der Waals surface area contributed by atoms with E-state index in [4.69, 9.17) is 4.74 Å². The summed E-state index contributed by atoms with van der Waals surface area (Å²) in [4.78, 5) is 14.4. The minimum Gasteiger partial charge on any atom is -0.381 e. The first-order valence-corrected chi connectivity index (χ1v) is 8.55. The fraction of sp³-hybridized carbons (Fsp3) is 0.611. The highest BCUT2D eigenvalue weighted by Gasteiger charge is 2.40. The minimum absolute atomic E-state index is 0.0406. The maximum Gasteiger partial charge on any atom is 0.315 e. The number of likely N-dealkylation sites (N-methyl/N-ethyl adjacent to an activating group) is 1. The van der Waals surface area contributed by atoms with Gasteiger partial charge in [-0.3, -0.25) is 0 Å². The van der Waals surface area contributed by atoms with E-state index >= 15 is 0 Å². The van der Waals surface area contributed by atoms with Gasteiger partial charge in [-0.15, -0.1) is 0 Å². The van der Waals surface area contributed by atoms with E-state index in [1.165, 1.54) is 6.07 Å². The predicted molar refractivity (Wildman–Crippen MR) is 90.6 cm³/mol. The number of urea groups is 1. The molecule has 6 heteroatoms. The summed E-state index contributed by atoms with van der Waals surface area (Å²) in [5.41, 5.74) is 0.913. The van der Waals surface area contributed by atoms with Crippen LogP contribution in [0.15, 0.2) is 24.3 Å². The Labute approximate surface area is 142 Å². The highest BCUT2D eigenvalue weighted by molar-refractivity contribution is 5.75. The van der Waals surface area contributed by atoms with Crippen LogP contribution in [0.25, 0.3) is 0 Å². The molecule has 1 aliphatic carbocycles. The Kier molecular flexibility index (Phi) is 5.06. The van der Waals surface area contributed by atoms with Crippen molar-refractivity contribution >= 4 is 6.03 Å². The first kappa shape index (κ1) is 17.2. The van der Waals surface area contributed by atoms with Gasteiger partial charge in [0.25, 0.3) is 0 Å². The molecule has 2 N–H and O–H groups in total. The quantitative estimate of drug-likeness (QED) is 0.866. The molecule has 3 rings (SSSR count). The van der Waals surface area contributed by atoms with Crippen molar-refractivity contribution in [3.63, 3.8) is 0 Å². The largest absolute Gasteiger partial charge is 0.381 e. The van der Waals surface area contributed by atoms with E-state index in [9.17, 15) is 9.18 Å². The number of hydrogen-bond donors (Lipinski definition) is 2. The van der Waals surface area contributed by atoms with E-state index < -0.39 is 0 Å². The number of carbonyl (C=O) groups excluding carboxylic acids is 1. The second kappa shape index (κ2) is 7.07. The molecule has 1 aromatic rings. The van der Waals surface area contributed by atoms with Crippen molar-refractivity contribution in [1.29, 1.82) is 0 Å². The Hall–Kier alpha value is -1.66. The van der Waals surface area contributed by atoms with Crippen LogP contribution in [0.3, 0.4) is 0 Å². The fourth-order valence-electron chi connectivity index (χ4n) is 3.46. The molecule has 0 bridgehead atoms. The second-order valence-corrected chi connectivity index (χ2v) is 7.06. The van der Waals surface area contributed by atoms with Crippen molar-refractivity contribution in [2.24, 2.45) is 0 Å². The number of nitrogens with zero attached hydrogens (tertiary/aromatic N) is 1. The number of hydrogen-bond acceptors (Lipinski definition) is 3. The van der Waals surface area contributed by atoms with E-state index in [2.05, 4.69) is 15.5 Å². The van der Waals surface area contributed by atoms with Crippen LogP contribution >= 0.6 is 0 Å². The Bertz CT molecular complexity index is 587. The first-order chi connectivity index (χ1) is 11.5. The Morgan fingerprint density at radius 2 is 2.12 bits per heavy atom. The summed E-state index contributed by atoms with van der Waals surface area (Å²) in [5, 5.41) is 6.00. The topological polar surface area (TPSA) is 53.6 Å². The normalized spacial score (nSPS) is 25.3. The number of carbonyl (C=O) groups is 1. The average Bonchev–Trinajstić information content (AvgIpc) is 3.33. The summed E-state index contributed by atoms with van der Waals surface area (Å²) in [6, 6.07) is 6.56. The van der Waals surface area contributed by atoms with Gasteiger partial charge in [0.2, 0.25) is 0 Å². The Morgan fingerprint density at radius 1 is 1.38 bits per heavy atom.